The minimum Gasteiger partial charge on any atom is -0.350 e. The van der Waals surface area contributed by atoms with Crippen molar-refractivity contribution < 1.29 is 0 Å². The molecular formula is C11H12ClN3. The van der Waals surface area contributed by atoms with Crippen LogP contribution in [0.5, 0.6) is 0 Å². The number of halogens is 1. The lowest BCUT2D eigenvalue weighted by Crippen LogP contribution is -1.98. The van der Waals surface area contributed by atoms with Gasteiger partial charge in [0, 0.05) is 37.9 Å². The lowest BCUT2D eigenvalue weighted by molar-refractivity contribution is 0.800. The van der Waals surface area contributed by atoms with E-state index in [4.69, 9.17) is 17.3 Å². The van der Waals surface area contributed by atoms with Gasteiger partial charge in [0.25, 0.3) is 0 Å². The molecule has 78 valence electrons. The van der Waals surface area contributed by atoms with Crippen LogP contribution in [-0.4, -0.2) is 9.55 Å². The van der Waals surface area contributed by atoms with E-state index in [2.05, 4.69) is 9.55 Å². The molecule has 0 aliphatic heterocycles. The fraction of sp³-hybridized carbons (Fsp3) is 0.182. The number of hydrogen-bond donors (Lipinski definition) is 1. The predicted octanol–water partition coefficient (Wildman–Crippen LogP) is 2.04. The molecule has 0 saturated carbocycles. The van der Waals surface area contributed by atoms with Crippen LogP contribution in [0.1, 0.15) is 11.1 Å². The third kappa shape index (κ3) is 2.37. The monoisotopic (exact) mass is 221 g/mol. The second-order valence-corrected chi connectivity index (χ2v) is 3.77. The fourth-order valence-corrected chi connectivity index (χ4v) is 1.62. The molecule has 0 atom stereocenters. The highest BCUT2D eigenvalue weighted by Gasteiger charge is 2.01. The van der Waals surface area contributed by atoms with Crippen LogP contribution in [0.2, 0.25) is 5.02 Å². The van der Waals surface area contributed by atoms with Gasteiger partial charge >= 0.3 is 0 Å². The summed E-state index contributed by atoms with van der Waals surface area (Å²) >= 11 is 6.01. The molecule has 3 nitrogen and oxygen atoms in total. The van der Waals surface area contributed by atoms with Gasteiger partial charge in [-0.2, -0.15) is 0 Å². The summed E-state index contributed by atoms with van der Waals surface area (Å²) in [5, 5.41) is 0.695. The average molecular weight is 222 g/mol. The summed E-state index contributed by atoms with van der Waals surface area (Å²) in [6.07, 6.45) is 7.43. The van der Waals surface area contributed by atoms with Gasteiger partial charge in [-0.15, -0.1) is 0 Å². The minimum absolute atomic E-state index is 0.567. The third-order valence-electron chi connectivity index (χ3n) is 2.26. The Kier molecular flexibility index (Phi) is 3.04. The number of aromatic nitrogens is 2. The van der Waals surface area contributed by atoms with Crippen LogP contribution in [0.3, 0.4) is 0 Å². The number of nitrogens with zero attached hydrogens (tertiary/aromatic N) is 2. The van der Waals surface area contributed by atoms with Crippen molar-refractivity contribution in [2.45, 2.75) is 13.1 Å². The Labute approximate surface area is 93.5 Å². The third-order valence-corrected chi connectivity index (χ3v) is 2.60. The Balaban J connectivity index is 2.18. The first-order chi connectivity index (χ1) is 7.29. The van der Waals surface area contributed by atoms with E-state index in [0.717, 1.165) is 17.7 Å². The van der Waals surface area contributed by atoms with Crippen molar-refractivity contribution in [2.75, 3.05) is 0 Å². The Morgan fingerprint density at radius 2 is 2.27 bits per heavy atom. The maximum absolute atomic E-state index is 6.01. The zero-order chi connectivity index (χ0) is 10.7. The molecule has 0 fully saturated rings. The number of hydrogen-bond acceptors (Lipinski definition) is 2. The summed E-state index contributed by atoms with van der Waals surface area (Å²) in [6.45, 7) is 1.32. The molecule has 0 amide bonds. The van der Waals surface area contributed by atoms with Crippen molar-refractivity contribution in [1.29, 1.82) is 0 Å². The number of rotatable bonds is 3. The summed E-state index contributed by atoms with van der Waals surface area (Å²) in [7, 11) is 0. The summed E-state index contributed by atoms with van der Waals surface area (Å²) in [6, 6.07) is 3.93. The SMILES string of the molecule is NCc1ccn(Cc2ccncc2Cl)c1. The Morgan fingerprint density at radius 1 is 1.40 bits per heavy atom. The van der Waals surface area contributed by atoms with Gasteiger partial charge in [0.15, 0.2) is 0 Å². The van der Waals surface area contributed by atoms with Crippen LogP contribution in [0, 0.1) is 0 Å². The van der Waals surface area contributed by atoms with Gasteiger partial charge in [-0.25, -0.2) is 0 Å². The highest BCUT2D eigenvalue weighted by molar-refractivity contribution is 6.31. The molecule has 0 bridgehead atoms. The van der Waals surface area contributed by atoms with Crippen molar-refractivity contribution in [3.05, 3.63) is 53.1 Å². The second-order valence-electron chi connectivity index (χ2n) is 3.36. The van der Waals surface area contributed by atoms with Gasteiger partial charge in [0.05, 0.1) is 5.02 Å². The molecule has 2 N–H and O–H groups in total. The van der Waals surface area contributed by atoms with Crippen LogP contribution in [-0.2, 0) is 13.1 Å². The van der Waals surface area contributed by atoms with Crippen molar-refractivity contribution in [3.8, 4) is 0 Å². The fourth-order valence-electron chi connectivity index (χ4n) is 1.44. The zero-order valence-corrected chi connectivity index (χ0v) is 8.98. The average Bonchev–Trinajstić information content (AvgIpc) is 2.69. The molecule has 0 aliphatic rings. The van der Waals surface area contributed by atoms with Gasteiger partial charge in [-0.3, -0.25) is 4.98 Å². The lowest BCUT2D eigenvalue weighted by atomic mass is 10.2. The van der Waals surface area contributed by atoms with E-state index in [9.17, 15) is 0 Å². The molecule has 0 saturated heterocycles. The molecule has 0 radical (unpaired) electrons. The van der Waals surface area contributed by atoms with Crippen molar-refractivity contribution in [2.24, 2.45) is 5.73 Å². The van der Waals surface area contributed by atoms with E-state index in [0.29, 0.717) is 11.6 Å². The van der Waals surface area contributed by atoms with Gasteiger partial charge in [0.2, 0.25) is 0 Å². The van der Waals surface area contributed by atoms with Gasteiger partial charge in [-0.1, -0.05) is 11.6 Å². The molecule has 0 unspecified atom stereocenters. The minimum atomic E-state index is 0.567. The summed E-state index contributed by atoms with van der Waals surface area (Å²) in [4.78, 5) is 3.95. The molecule has 0 spiro atoms. The van der Waals surface area contributed by atoms with E-state index in [1.165, 1.54) is 0 Å². The molecule has 15 heavy (non-hydrogen) atoms. The van der Waals surface area contributed by atoms with E-state index in [1.54, 1.807) is 12.4 Å². The molecule has 2 aromatic rings. The molecule has 2 rings (SSSR count). The van der Waals surface area contributed by atoms with Gasteiger partial charge in [-0.05, 0) is 23.3 Å². The lowest BCUT2D eigenvalue weighted by Gasteiger charge is -2.04. The second kappa shape index (κ2) is 4.47. The van der Waals surface area contributed by atoms with E-state index in [1.807, 2.05) is 24.5 Å². The summed E-state index contributed by atoms with van der Waals surface area (Å²) in [5.41, 5.74) is 7.72. The van der Waals surface area contributed by atoms with E-state index >= 15 is 0 Å². The molecular weight excluding hydrogens is 210 g/mol. The highest BCUT2D eigenvalue weighted by Crippen LogP contribution is 2.15. The van der Waals surface area contributed by atoms with Crippen LogP contribution >= 0.6 is 11.6 Å². The molecule has 0 aliphatic carbocycles. The summed E-state index contributed by atoms with van der Waals surface area (Å²) in [5.74, 6) is 0. The summed E-state index contributed by atoms with van der Waals surface area (Å²) < 4.78 is 2.06. The smallest absolute Gasteiger partial charge is 0.0639 e. The molecule has 4 heteroatoms. The molecule has 0 aromatic carbocycles. The number of nitrogens with two attached hydrogens (primary N) is 1. The maximum Gasteiger partial charge on any atom is 0.0639 e. The van der Waals surface area contributed by atoms with E-state index in [-0.39, 0.29) is 0 Å². The zero-order valence-electron chi connectivity index (χ0n) is 8.23. The first kappa shape index (κ1) is 10.2. The van der Waals surface area contributed by atoms with Gasteiger partial charge < -0.3 is 10.3 Å². The van der Waals surface area contributed by atoms with Crippen LogP contribution < -0.4 is 5.73 Å². The largest absolute Gasteiger partial charge is 0.350 e. The van der Waals surface area contributed by atoms with Crippen molar-refractivity contribution >= 4 is 11.6 Å². The number of pyridine rings is 1. The Bertz CT molecular complexity index is 451. The predicted molar refractivity (Wildman–Crippen MR) is 60.7 cm³/mol. The maximum atomic E-state index is 6.01. The van der Waals surface area contributed by atoms with Crippen molar-refractivity contribution in [3.63, 3.8) is 0 Å². The van der Waals surface area contributed by atoms with Crippen LogP contribution in [0.4, 0.5) is 0 Å². The molecule has 2 heterocycles. The van der Waals surface area contributed by atoms with Crippen molar-refractivity contribution in [1.82, 2.24) is 9.55 Å². The normalized spacial score (nSPS) is 10.5. The van der Waals surface area contributed by atoms with Gasteiger partial charge in [0.1, 0.15) is 0 Å². The quantitative estimate of drug-likeness (QED) is 0.862. The first-order valence-corrected chi connectivity index (χ1v) is 5.10. The topological polar surface area (TPSA) is 43.8 Å². The van der Waals surface area contributed by atoms with E-state index < -0.39 is 0 Å². The highest BCUT2D eigenvalue weighted by atomic mass is 35.5. The van der Waals surface area contributed by atoms with Crippen LogP contribution in [0.25, 0.3) is 0 Å². The van der Waals surface area contributed by atoms with Crippen LogP contribution in [0.15, 0.2) is 36.9 Å². The standard InChI is InChI=1S/C11H12ClN3/c12-11-6-14-3-1-10(11)8-15-4-2-9(5-13)7-15/h1-4,6-7H,5,8,13H2. The Hall–Kier alpha value is -1.32. The molecule has 2 aromatic heterocycles. The first-order valence-electron chi connectivity index (χ1n) is 4.72. The Morgan fingerprint density at radius 3 is 2.93 bits per heavy atom.